The molecule has 0 spiro atoms. The molecule has 0 aromatic heterocycles. The average molecular weight is 290 g/mol. The molecule has 0 radical (unpaired) electrons. The van der Waals surface area contributed by atoms with Gasteiger partial charge in [-0.1, -0.05) is 6.07 Å². The van der Waals surface area contributed by atoms with Gasteiger partial charge in [-0.3, -0.25) is 14.4 Å². The van der Waals surface area contributed by atoms with Crippen LogP contribution in [-0.2, 0) is 0 Å². The zero-order chi connectivity index (χ0) is 15.3. The lowest BCUT2D eigenvalue weighted by atomic mass is 10.0. The van der Waals surface area contributed by atoms with Gasteiger partial charge in [0.1, 0.15) is 11.5 Å². The normalized spacial score (nSPS) is 16.7. The molecule has 1 atom stereocenters. The van der Waals surface area contributed by atoms with Gasteiger partial charge in [0.15, 0.2) is 5.75 Å². The van der Waals surface area contributed by atoms with Crippen molar-refractivity contribution in [1.29, 1.82) is 0 Å². The number of nitrogens with one attached hydrogen (secondary N) is 2. The largest absolute Gasteiger partial charge is 0.491 e. The van der Waals surface area contributed by atoms with Crippen molar-refractivity contribution in [2.45, 2.75) is 13.0 Å². The Bertz CT molecular complexity index is 836. The third kappa shape index (κ3) is 1.74. The fourth-order valence-electron chi connectivity index (χ4n) is 2.47. The Morgan fingerprint density at radius 3 is 2.57 bits per heavy atom. The third-order valence-electron chi connectivity index (χ3n) is 3.55. The smallest absolute Gasteiger partial charge is 0.272 e. The maximum atomic E-state index is 14.0. The van der Waals surface area contributed by atoms with Crippen LogP contribution >= 0.6 is 0 Å². The Kier molecular flexibility index (Phi) is 2.79. The second-order valence-corrected chi connectivity index (χ2v) is 4.77. The number of amides is 1. The lowest BCUT2D eigenvalue weighted by Gasteiger charge is -2.14. The molecule has 7 heteroatoms. The van der Waals surface area contributed by atoms with Gasteiger partial charge in [-0.2, -0.15) is 0 Å². The Morgan fingerprint density at radius 1 is 1.19 bits per heavy atom. The first-order valence-corrected chi connectivity index (χ1v) is 6.23. The van der Waals surface area contributed by atoms with Crippen LogP contribution < -0.4 is 26.2 Å². The Morgan fingerprint density at radius 2 is 1.90 bits per heavy atom. The number of benzene rings is 1. The van der Waals surface area contributed by atoms with Crippen LogP contribution in [-0.4, -0.2) is 13.0 Å². The number of rotatable bonds is 3. The molecule has 21 heavy (non-hydrogen) atoms. The number of anilines is 2. The van der Waals surface area contributed by atoms with Crippen molar-refractivity contribution in [1.82, 2.24) is 5.32 Å². The van der Waals surface area contributed by atoms with Crippen LogP contribution in [0.4, 0.5) is 15.8 Å². The third-order valence-corrected chi connectivity index (χ3v) is 3.55. The number of halogens is 1. The van der Waals surface area contributed by atoms with Crippen LogP contribution in [0.3, 0.4) is 0 Å². The number of hydrogen-bond acceptors (Lipinski definition) is 5. The van der Waals surface area contributed by atoms with E-state index in [0.29, 0.717) is 5.56 Å². The summed E-state index contributed by atoms with van der Waals surface area (Å²) >= 11 is 0. The molecule has 1 aliphatic rings. The van der Waals surface area contributed by atoms with E-state index in [9.17, 15) is 18.8 Å². The molecule has 3 rings (SSSR count). The van der Waals surface area contributed by atoms with Crippen LogP contribution in [0.1, 0.15) is 28.9 Å². The number of hydrogen-bond donors (Lipinski definition) is 2. The van der Waals surface area contributed by atoms with Crippen molar-refractivity contribution in [2.24, 2.45) is 0 Å². The lowest BCUT2D eigenvalue weighted by molar-refractivity contribution is 0.0959. The van der Waals surface area contributed by atoms with E-state index in [0.717, 1.165) is 0 Å². The molecular weight excluding hydrogens is 279 g/mol. The maximum Gasteiger partial charge on any atom is 0.272 e. The molecule has 1 heterocycles. The highest BCUT2D eigenvalue weighted by Gasteiger charge is 2.32. The van der Waals surface area contributed by atoms with E-state index < -0.39 is 22.6 Å². The van der Waals surface area contributed by atoms with Crippen molar-refractivity contribution < 1.29 is 13.9 Å². The molecular formula is C14H11FN2O4. The van der Waals surface area contributed by atoms with Crippen molar-refractivity contribution >= 4 is 17.3 Å². The van der Waals surface area contributed by atoms with Gasteiger partial charge in [-0.25, -0.2) is 4.39 Å². The minimum Gasteiger partial charge on any atom is -0.491 e. The molecule has 2 N–H and O–H groups in total. The van der Waals surface area contributed by atoms with E-state index in [1.165, 1.54) is 19.2 Å². The number of fused-ring (bicyclic) bond motifs is 1. The summed E-state index contributed by atoms with van der Waals surface area (Å²) in [5.74, 6) is -1.28. The van der Waals surface area contributed by atoms with Gasteiger partial charge < -0.3 is 15.4 Å². The molecule has 6 nitrogen and oxygen atoms in total. The summed E-state index contributed by atoms with van der Waals surface area (Å²) < 4.78 is 18.8. The Hall–Kier alpha value is -2.70. The fourth-order valence-corrected chi connectivity index (χ4v) is 2.47. The van der Waals surface area contributed by atoms with E-state index >= 15 is 0 Å². The first-order valence-electron chi connectivity index (χ1n) is 6.23. The topological polar surface area (TPSA) is 84.5 Å². The minimum absolute atomic E-state index is 0.125. The lowest BCUT2D eigenvalue weighted by Crippen LogP contribution is -2.34. The van der Waals surface area contributed by atoms with Crippen molar-refractivity contribution in [3.05, 3.63) is 49.5 Å². The molecule has 0 saturated heterocycles. The van der Waals surface area contributed by atoms with E-state index in [2.05, 4.69) is 10.6 Å². The molecule has 108 valence electrons. The van der Waals surface area contributed by atoms with Crippen molar-refractivity contribution in [3.8, 4) is 5.75 Å². The Balaban J connectivity index is 2.13. The molecule has 2 aromatic carbocycles. The molecule has 0 unspecified atom stereocenters. The van der Waals surface area contributed by atoms with Crippen molar-refractivity contribution in [2.75, 3.05) is 12.4 Å². The summed E-state index contributed by atoms with van der Waals surface area (Å²) in [7, 11) is 1.24. The standard InChI is InChI=1S/C14H11FN2O4/c1-5-6-3-4-7(15)9(8(6)14(20)16-5)17-10-11(18)12(19)13(10)21-2/h3-5,17H,1-2H3,(H,16,20)/t5-/m0/s1. The van der Waals surface area contributed by atoms with E-state index in [1.54, 1.807) is 6.92 Å². The number of ether oxygens (including phenoxy) is 1. The maximum absolute atomic E-state index is 14.0. The molecule has 0 bridgehead atoms. The first-order chi connectivity index (χ1) is 9.95. The van der Waals surface area contributed by atoms with Gasteiger partial charge in [-0.05, 0) is 18.6 Å². The van der Waals surface area contributed by atoms with Crippen LogP contribution in [0.15, 0.2) is 21.7 Å². The second kappa shape index (κ2) is 4.41. The zero-order valence-corrected chi connectivity index (χ0v) is 11.2. The molecule has 0 saturated carbocycles. The van der Waals surface area contributed by atoms with Gasteiger partial charge in [0.2, 0.25) is 0 Å². The summed E-state index contributed by atoms with van der Waals surface area (Å²) in [6.07, 6.45) is 0. The zero-order valence-electron chi connectivity index (χ0n) is 11.2. The summed E-state index contributed by atoms with van der Waals surface area (Å²) in [6.45, 7) is 1.77. The minimum atomic E-state index is -0.796. The first kappa shape index (κ1) is 13.3. The quantitative estimate of drug-likeness (QED) is 0.823. The SMILES string of the molecule is COc1c(Nc2c(F)ccc3c2C(=O)N[C@H]3C)c(=O)c1=O. The summed E-state index contributed by atoms with van der Waals surface area (Å²) in [5, 5.41) is 5.19. The molecule has 1 amide bonds. The van der Waals surface area contributed by atoms with E-state index in [-0.39, 0.29) is 28.7 Å². The van der Waals surface area contributed by atoms with Gasteiger partial charge >= 0.3 is 0 Å². The van der Waals surface area contributed by atoms with Crippen molar-refractivity contribution in [3.63, 3.8) is 0 Å². The predicted molar refractivity (Wildman–Crippen MR) is 73.5 cm³/mol. The van der Waals surface area contributed by atoms with Crippen LogP contribution in [0.2, 0.25) is 0 Å². The summed E-state index contributed by atoms with van der Waals surface area (Å²) in [4.78, 5) is 34.7. The van der Waals surface area contributed by atoms with E-state index in [4.69, 9.17) is 4.74 Å². The summed E-state index contributed by atoms with van der Waals surface area (Å²) in [6, 6.07) is 2.47. The number of carbonyl (C=O) groups excluding carboxylic acids is 1. The highest BCUT2D eigenvalue weighted by atomic mass is 19.1. The van der Waals surface area contributed by atoms with Gasteiger partial charge in [0.25, 0.3) is 16.8 Å². The molecule has 1 aliphatic heterocycles. The molecule has 0 aliphatic carbocycles. The summed E-state index contributed by atoms with van der Waals surface area (Å²) in [5.41, 5.74) is -1.07. The highest BCUT2D eigenvalue weighted by Crippen LogP contribution is 2.35. The van der Waals surface area contributed by atoms with Gasteiger partial charge in [0.05, 0.1) is 24.4 Å². The predicted octanol–water partition coefficient (Wildman–Crippen LogP) is 0.978. The molecule has 0 fully saturated rings. The van der Waals surface area contributed by atoms with Gasteiger partial charge in [-0.15, -0.1) is 0 Å². The fraction of sp³-hybridized carbons (Fsp3) is 0.214. The monoisotopic (exact) mass is 290 g/mol. The highest BCUT2D eigenvalue weighted by molar-refractivity contribution is 6.05. The average Bonchev–Trinajstić information content (AvgIpc) is 2.75. The number of carbonyl (C=O) groups is 1. The second-order valence-electron chi connectivity index (χ2n) is 4.77. The van der Waals surface area contributed by atoms with E-state index in [1.807, 2.05) is 0 Å². The van der Waals surface area contributed by atoms with Crippen LogP contribution in [0.5, 0.6) is 5.75 Å². The molecule has 2 aromatic rings. The van der Waals surface area contributed by atoms with Crippen LogP contribution in [0, 0.1) is 5.82 Å². The Labute approximate surface area is 118 Å². The van der Waals surface area contributed by atoms with Crippen LogP contribution in [0.25, 0.3) is 0 Å². The van der Waals surface area contributed by atoms with Gasteiger partial charge in [0, 0.05) is 0 Å². The number of methoxy groups -OCH3 is 1.